The Labute approximate surface area is 154 Å². The summed E-state index contributed by atoms with van der Waals surface area (Å²) in [4.78, 5) is 11.7. The standard InChI is InChI=1S/C17H27FN2O5S/c1-17(2,3)25-16(21)20-12-13-7-8-14(18)11-15(13)24-9-5-6-10-26(22,23)19-4/h7-8,11H,5-6,9-10,12H2,1-4H3,(H,20,21)(H,19,22,23)/p+1. The first-order chi connectivity index (χ1) is 12.0. The molecule has 0 aliphatic heterocycles. The number of nitrogens with one attached hydrogen (secondary N) is 2. The number of rotatable bonds is 9. The van der Waals surface area contributed by atoms with Gasteiger partial charge < -0.3 is 14.8 Å². The van der Waals surface area contributed by atoms with Crippen LogP contribution in [-0.2, 0) is 21.3 Å². The van der Waals surface area contributed by atoms with E-state index in [0.29, 0.717) is 24.2 Å². The zero-order chi connectivity index (χ0) is 19.8. The van der Waals surface area contributed by atoms with Gasteiger partial charge in [-0.25, -0.2) is 13.4 Å². The Balaban J connectivity index is 2.55. The van der Waals surface area contributed by atoms with E-state index in [9.17, 15) is 17.6 Å². The van der Waals surface area contributed by atoms with Crippen LogP contribution >= 0.6 is 0 Å². The third-order valence-electron chi connectivity index (χ3n) is 3.24. The largest absolute Gasteiger partial charge is 0.493 e. The van der Waals surface area contributed by atoms with Crippen molar-refractivity contribution in [2.24, 2.45) is 0 Å². The molecule has 0 aromatic heterocycles. The van der Waals surface area contributed by atoms with Gasteiger partial charge in [0.15, 0.2) is 0 Å². The summed E-state index contributed by atoms with van der Waals surface area (Å²) in [7, 11) is -1.56. The second-order valence-electron chi connectivity index (χ2n) is 6.71. The van der Waals surface area contributed by atoms with Crippen LogP contribution in [0, 0.1) is 5.82 Å². The number of benzene rings is 1. The number of hydrogen-bond donors (Lipinski definition) is 2. The van der Waals surface area contributed by atoms with Gasteiger partial charge in [-0.3, -0.25) is 0 Å². The summed E-state index contributed by atoms with van der Waals surface area (Å²) in [6, 6.07) is 4.06. The lowest BCUT2D eigenvalue weighted by Crippen LogP contribution is -2.32. The Kier molecular flexibility index (Phi) is 8.29. The highest BCUT2D eigenvalue weighted by Gasteiger charge is 2.16. The van der Waals surface area contributed by atoms with Gasteiger partial charge in [-0.15, -0.1) is 0 Å². The van der Waals surface area contributed by atoms with Crippen molar-refractivity contribution in [2.45, 2.75) is 45.8 Å². The highest BCUT2D eigenvalue weighted by Crippen LogP contribution is 2.20. The Morgan fingerprint density at radius 1 is 1.31 bits per heavy atom. The molecular weight excluding hydrogens is 363 g/mol. The Bertz CT molecular complexity index is 702. The zero-order valence-corrected chi connectivity index (χ0v) is 16.5. The number of unbranched alkanes of at least 4 members (excludes halogenated alkanes) is 1. The quantitative estimate of drug-likeness (QED) is 0.499. The molecule has 0 fully saturated rings. The molecule has 1 unspecified atom stereocenters. The summed E-state index contributed by atoms with van der Waals surface area (Å²) in [6.07, 6.45) is 0.448. The van der Waals surface area contributed by atoms with Crippen molar-refractivity contribution >= 4 is 16.1 Å². The van der Waals surface area contributed by atoms with Gasteiger partial charge in [0, 0.05) is 25.2 Å². The minimum Gasteiger partial charge on any atom is -0.493 e. The van der Waals surface area contributed by atoms with Crippen molar-refractivity contribution in [2.75, 3.05) is 19.4 Å². The maximum absolute atomic E-state index is 13.5. The molecule has 0 saturated heterocycles. The average Bonchev–Trinajstić information content (AvgIpc) is 2.52. The monoisotopic (exact) mass is 391 g/mol. The second kappa shape index (κ2) is 9.72. The Morgan fingerprint density at radius 3 is 2.62 bits per heavy atom. The first-order valence-electron chi connectivity index (χ1n) is 8.33. The van der Waals surface area contributed by atoms with Gasteiger partial charge in [-0.1, -0.05) is 6.07 Å². The van der Waals surface area contributed by atoms with Crippen LogP contribution in [-0.4, -0.2) is 39.5 Å². The van der Waals surface area contributed by atoms with Crippen molar-refractivity contribution in [1.29, 1.82) is 0 Å². The van der Waals surface area contributed by atoms with E-state index in [4.69, 9.17) is 9.47 Å². The summed E-state index contributed by atoms with van der Waals surface area (Å²) in [5, 5.41) is 2.60. The molecule has 26 heavy (non-hydrogen) atoms. The number of alkyl carbamates (subject to hydrolysis) is 1. The van der Waals surface area contributed by atoms with Crippen LogP contribution in [0.2, 0.25) is 0 Å². The Hall–Kier alpha value is -1.87. The van der Waals surface area contributed by atoms with E-state index in [-0.39, 0.29) is 18.9 Å². The zero-order valence-electron chi connectivity index (χ0n) is 15.6. The summed E-state index contributed by atoms with van der Waals surface area (Å²) < 4.78 is 47.4. The van der Waals surface area contributed by atoms with E-state index < -0.39 is 27.5 Å². The van der Waals surface area contributed by atoms with E-state index in [1.807, 2.05) is 0 Å². The van der Waals surface area contributed by atoms with Crippen molar-refractivity contribution in [3.05, 3.63) is 29.6 Å². The fraction of sp³-hybridized carbons (Fsp3) is 0.588. The predicted octanol–water partition coefficient (Wildman–Crippen LogP) is 2.72. The van der Waals surface area contributed by atoms with Gasteiger partial charge >= 0.3 is 16.1 Å². The fourth-order valence-corrected chi connectivity index (χ4v) is 2.77. The molecule has 1 aromatic rings. The lowest BCUT2D eigenvalue weighted by atomic mass is 10.2. The molecule has 0 heterocycles. The topological polar surface area (TPSA) is 98.1 Å². The van der Waals surface area contributed by atoms with Gasteiger partial charge in [0.05, 0.1) is 6.61 Å². The van der Waals surface area contributed by atoms with Crippen LogP contribution in [0.15, 0.2) is 18.2 Å². The number of carbonyl (C=O) groups is 1. The maximum Gasteiger partial charge on any atom is 0.407 e. The molecule has 1 aromatic carbocycles. The third-order valence-corrected chi connectivity index (χ3v) is 4.72. The third kappa shape index (κ3) is 9.00. The van der Waals surface area contributed by atoms with Crippen LogP contribution in [0.1, 0.15) is 39.2 Å². The number of hydrogen-bond acceptors (Lipinski definition) is 4. The molecule has 3 N–H and O–H groups in total. The molecule has 9 heteroatoms. The van der Waals surface area contributed by atoms with E-state index >= 15 is 0 Å². The summed E-state index contributed by atoms with van der Waals surface area (Å²) >= 11 is 0. The first kappa shape index (κ1) is 22.2. The normalized spacial score (nSPS) is 13.7. The number of halogens is 1. The number of ether oxygens (including phenoxy) is 2. The SMILES string of the molecule is CNS(=O)(=[OH+])CCCCOc1cc(F)ccc1CNC(=O)OC(C)(C)C. The van der Waals surface area contributed by atoms with E-state index in [1.54, 1.807) is 20.8 Å². The highest BCUT2D eigenvalue weighted by molar-refractivity contribution is 7.89. The lowest BCUT2D eigenvalue weighted by Gasteiger charge is -2.20. The molecule has 148 valence electrons. The minimum atomic E-state index is -2.99. The molecule has 1 rings (SSSR count). The summed E-state index contributed by atoms with van der Waals surface area (Å²) in [5.41, 5.74) is 0.00355. The molecule has 0 bridgehead atoms. The van der Waals surface area contributed by atoms with Crippen LogP contribution in [0.4, 0.5) is 9.18 Å². The van der Waals surface area contributed by atoms with Gasteiger partial charge in [0.25, 0.3) is 0 Å². The fourth-order valence-electron chi connectivity index (χ4n) is 1.97. The van der Waals surface area contributed by atoms with Gasteiger partial charge in [-0.05, 0) is 39.7 Å². The molecule has 7 nitrogen and oxygen atoms in total. The maximum atomic E-state index is 13.5. The summed E-state index contributed by atoms with van der Waals surface area (Å²) in [5.74, 6) is -0.0164. The molecule has 1 atom stereocenters. The smallest absolute Gasteiger partial charge is 0.407 e. The van der Waals surface area contributed by atoms with Gasteiger partial charge in [0.1, 0.15) is 22.9 Å². The van der Waals surface area contributed by atoms with Crippen molar-refractivity contribution < 1.29 is 27.1 Å². The van der Waals surface area contributed by atoms with E-state index in [0.717, 1.165) is 0 Å². The van der Waals surface area contributed by atoms with Crippen molar-refractivity contribution in [3.63, 3.8) is 0 Å². The molecule has 0 aliphatic carbocycles. The molecular formula is C17H28FN2O5S+. The van der Waals surface area contributed by atoms with Crippen molar-refractivity contribution in [3.8, 4) is 5.75 Å². The van der Waals surface area contributed by atoms with Gasteiger partial charge in [-0.2, -0.15) is 8.93 Å². The van der Waals surface area contributed by atoms with Crippen LogP contribution in [0.5, 0.6) is 5.75 Å². The second-order valence-corrected chi connectivity index (χ2v) is 8.81. The number of amides is 1. The Morgan fingerprint density at radius 2 is 2.00 bits per heavy atom. The van der Waals surface area contributed by atoms with Crippen LogP contribution < -0.4 is 14.8 Å². The highest BCUT2D eigenvalue weighted by atomic mass is 32.2. The summed E-state index contributed by atoms with van der Waals surface area (Å²) in [6.45, 7) is 5.68. The average molecular weight is 391 g/mol. The first-order valence-corrected chi connectivity index (χ1v) is 10.0. The molecule has 0 saturated carbocycles. The molecule has 0 spiro atoms. The van der Waals surface area contributed by atoms with E-state index in [1.165, 1.54) is 25.2 Å². The lowest BCUT2D eigenvalue weighted by molar-refractivity contribution is 0.0523. The predicted molar refractivity (Wildman–Crippen MR) is 98.2 cm³/mol. The minimum absolute atomic E-state index is 0.114. The van der Waals surface area contributed by atoms with E-state index in [2.05, 4.69) is 10.0 Å². The molecule has 0 aliphatic rings. The van der Waals surface area contributed by atoms with Crippen molar-refractivity contribution in [1.82, 2.24) is 10.0 Å². The van der Waals surface area contributed by atoms with Crippen LogP contribution in [0.3, 0.4) is 0 Å². The van der Waals surface area contributed by atoms with Crippen LogP contribution in [0.25, 0.3) is 0 Å². The number of carbonyl (C=O) groups excluding carboxylic acids is 1. The molecule has 1 amide bonds. The molecule has 0 radical (unpaired) electrons. The van der Waals surface area contributed by atoms with Gasteiger partial charge in [0.2, 0.25) is 0 Å².